The minimum atomic E-state index is -0.685. The van der Waals surface area contributed by atoms with Crippen molar-refractivity contribution in [2.45, 2.75) is 38.8 Å². The highest BCUT2D eigenvalue weighted by atomic mass is 19.1. The third-order valence-corrected chi connectivity index (χ3v) is 2.24. The maximum atomic E-state index is 12.7. The smallest absolute Gasteiger partial charge is 0.222 e. The van der Waals surface area contributed by atoms with Crippen molar-refractivity contribution < 1.29 is 9.18 Å². The van der Waals surface area contributed by atoms with Crippen molar-refractivity contribution in [3.63, 3.8) is 0 Å². The van der Waals surface area contributed by atoms with Crippen LogP contribution >= 0.6 is 0 Å². The van der Waals surface area contributed by atoms with E-state index in [1.165, 1.54) is 0 Å². The molecule has 0 radical (unpaired) electrons. The third kappa shape index (κ3) is 2.47. The summed E-state index contributed by atoms with van der Waals surface area (Å²) in [5.74, 6) is 0.185. The maximum absolute atomic E-state index is 12.7. The zero-order chi connectivity index (χ0) is 8.97. The highest BCUT2D eigenvalue weighted by molar-refractivity contribution is 5.76. The fourth-order valence-corrected chi connectivity index (χ4v) is 1.47. The highest BCUT2D eigenvalue weighted by Crippen LogP contribution is 2.14. The molecule has 1 amide bonds. The predicted octanol–water partition coefficient (Wildman–Crippen LogP) is 1.75. The van der Waals surface area contributed by atoms with Crippen LogP contribution in [0.1, 0.15) is 32.6 Å². The fourth-order valence-electron chi connectivity index (χ4n) is 1.47. The lowest BCUT2D eigenvalue weighted by Gasteiger charge is -2.28. The number of piperidine rings is 1. The lowest BCUT2D eigenvalue weighted by molar-refractivity contribution is -0.132. The standard InChI is InChI=1S/C9H16FNO/c1-2-3-9(12)11-6-4-8(10)5-7-11/h8H,2-7H2,1H3. The summed E-state index contributed by atoms with van der Waals surface area (Å²) < 4.78 is 12.7. The number of carbonyl (C=O) groups excluding carboxylic acids is 1. The van der Waals surface area contributed by atoms with E-state index in [0.717, 1.165) is 6.42 Å². The monoisotopic (exact) mass is 173 g/mol. The maximum Gasteiger partial charge on any atom is 0.222 e. The van der Waals surface area contributed by atoms with Gasteiger partial charge in [-0.05, 0) is 19.3 Å². The van der Waals surface area contributed by atoms with Gasteiger partial charge in [0.05, 0.1) is 0 Å². The molecule has 0 N–H and O–H groups in total. The van der Waals surface area contributed by atoms with E-state index in [1.807, 2.05) is 6.92 Å². The summed E-state index contributed by atoms with van der Waals surface area (Å²) >= 11 is 0. The van der Waals surface area contributed by atoms with E-state index in [2.05, 4.69) is 0 Å². The molecular formula is C9H16FNO. The van der Waals surface area contributed by atoms with Crippen LogP contribution in [-0.4, -0.2) is 30.1 Å². The van der Waals surface area contributed by atoms with Gasteiger partial charge in [0.2, 0.25) is 5.91 Å². The summed E-state index contributed by atoms with van der Waals surface area (Å²) in [6, 6.07) is 0. The van der Waals surface area contributed by atoms with Crippen LogP contribution in [0.2, 0.25) is 0 Å². The van der Waals surface area contributed by atoms with Crippen LogP contribution in [0.5, 0.6) is 0 Å². The lowest BCUT2D eigenvalue weighted by Crippen LogP contribution is -2.38. The van der Waals surface area contributed by atoms with Crippen molar-refractivity contribution in [2.75, 3.05) is 13.1 Å². The van der Waals surface area contributed by atoms with Crippen LogP contribution in [0, 0.1) is 0 Å². The Labute approximate surface area is 72.7 Å². The molecule has 2 nitrogen and oxygen atoms in total. The van der Waals surface area contributed by atoms with Gasteiger partial charge in [-0.25, -0.2) is 4.39 Å². The zero-order valence-electron chi connectivity index (χ0n) is 7.55. The quantitative estimate of drug-likeness (QED) is 0.623. The summed E-state index contributed by atoms with van der Waals surface area (Å²) in [6.07, 6.45) is 1.85. The molecule has 0 aromatic carbocycles. The molecule has 0 unspecified atom stereocenters. The molecule has 0 aliphatic carbocycles. The Morgan fingerprint density at radius 1 is 1.50 bits per heavy atom. The summed E-state index contributed by atoms with van der Waals surface area (Å²) in [4.78, 5) is 13.1. The second kappa shape index (κ2) is 4.43. The number of hydrogen-bond acceptors (Lipinski definition) is 1. The molecule has 0 aromatic rings. The molecule has 1 heterocycles. The Bertz CT molecular complexity index is 153. The highest BCUT2D eigenvalue weighted by Gasteiger charge is 2.21. The van der Waals surface area contributed by atoms with Crippen molar-refractivity contribution in [3.8, 4) is 0 Å². The number of rotatable bonds is 2. The van der Waals surface area contributed by atoms with Crippen LogP contribution in [0.25, 0.3) is 0 Å². The molecule has 1 saturated heterocycles. The topological polar surface area (TPSA) is 20.3 Å². The molecule has 0 atom stereocenters. The number of amides is 1. The Morgan fingerprint density at radius 3 is 2.58 bits per heavy atom. The van der Waals surface area contributed by atoms with E-state index in [9.17, 15) is 9.18 Å². The summed E-state index contributed by atoms with van der Waals surface area (Å²) in [5.41, 5.74) is 0. The number of hydrogen-bond donors (Lipinski definition) is 0. The van der Waals surface area contributed by atoms with E-state index in [4.69, 9.17) is 0 Å². The number of halogens is 1. The van der Waals surface area contributed by atoms with Crippen LogP contribution in [-0.2, 0) is 4.79 Å². The Hall–Kier alpha value is -0.600. The van der Waals surface area contributed by atoms with Gasteiger partial charge in [0.25, 0.3) is 0 Å². The first kappa shape index (κ1) is 9.49. The van der Waals surface area contributed by atoms with Gasteiger partial charge in [-0.1, -0.05) is 6.92 Å². The molecule has 3 heteroatoms. The number of carbonyl (C=O) groups is 1. The minimum absolute atomic E-state index is 0.185. The molecule has 70 valence electrons. The first-order valence-electron chi connectivity index (χ1n) is 4.66. The van der Waals surface area contributed by atoms with Crippen LogP contribution < -0.4 is 0 Å². The second-order valence-corrected chi connectivity index (χ2v) is 3.31. The Balaban J connectivity index is 2.29. The number of likely N-dealkylation sites (tertiary alicyclic amines) is 1. The summed E-state index contributed by atoms with van der Waals surface area (Å²) in [6.45, 7) is 3.21. The number of nitrogens with zero attached hydrogens (tertiary/aromatic N) is 1. The van der Waals surface area contributed by atoms with Crippen LogP contribution in [0.3, 0.4) is 0 Å². The average molecular weight is 173 g/mol. The molecule has 1 fully saturated rings. The van der Waals surface area contributed by atoms with Crippen molar-refractivity contribution in [1.82, 2.24) is 4.90 Å². The molecule has 1 aliphatic rings. The molecular weight excluding hydrogens is 157 g/mol. The number of alkyl halides is 1. The Kier molecular flexibility index (Phi) is 3.50. The molecule has 1 aliphatic heterocycles. The minimum Gasteiger partial charge on any atom is -0.342 e. The van der Waals surface area contributed by atoms with Gasteiger partial charge in [-0.15, -0.1) is 0 Å². The van der Waals surface area contributed by atoms with Crippen molar-refractivity contribution in [3.05, 3.63) is 0 Å². The first-order valence-corrected chi connectivity index (χ1v) is 4.66. The first-order chi connectivity index (χ1) is 5.74. The van der Waals surface area contributed by atoms with E-state index in [1.54, 1.807) is 4.90 Å². The summed E-state index contributed by atoms with van der Waals surface area (Å²) in [7, 11) is 0. The zero-order valence-corrected chi connectivity index (χ0v) is 7.55. The van der Waals surface area contributed by atoms with Gasteiger partial charge in [0, 0.05) is 19.5 Å². The normalized spacial score (nSPS) is 19.7. The third-order valence-electron chi connectivity index (χ3n) is 2.24. The van der Waals surface area contributed by atoms with E-state index in [0.29, 0.717) is 32.4 Å². The molecule has 0 aromatic heterocycles. The molecule has 0 saturated carbocycles. The van der Waals surface area contributed by atoms with Gasteiger partial charge < -0.3 is 4.90 Å². The average Bonchev–Trinajstić information content (AvgIpc) is 2.06. The van der Waals surface area contributed by atoms with Gasteiger partial charge in [-0.3, -0.25) is 4.79 Å². The van der Waals surface area contributed by atoms with Gasteiger partial charge in [0.15, 0.2) is 0 Å². The van der Waals surface area contributed by atoms with Crippen molar-refractivity contribution >= 4 is 5.91 Å². The van der Waals surface area contributed by atoms with Gasteiger partial charge in [-0.2, -0.15) is 0 Å². The predicted molar refractivity (Wildman–Crippen MR) is 45.6 cm³/mol. The lowest BCUT2D eigenvalue weighted by atomic mass is 10.1. The molecule has 1 rings (SSSR count). The van der Waals surface area contributed by atoms with Crippen molar-refractivity contribution in [2.24, 2.45) is 0 Å². The van der Waals surface area contributed by atoms with Gasteiger partial charge in [0.1, 0.15) is 6.17 Å². The van der Waals surface area contributed by atoms with E-state index < -0.39 is 6.17 Å². The molecule has 0 bridgehead atoms. The van der Waals surface area contributed by atoms with Crippen LogP contribution in [0.15, 0.2) is 0 Å². The van der Waals surface area contributed by atoms with E-state index >= 15 is 0 Å². The fraction of sp³-hybridized carbons (Fsp3) is 0.889. The summed E-state index contributed by atoms with van der Waals surface area (Å²) in [5, 5.41) is 0. The second-order valence-electron chi connectivity index (χ2n) is 3.31. The molecule has 12 heavy (non-hydrogen) atoms. The van der Waals surface area contributed by atoms with Crippen molar-refractivity contribution in [1.29, 1.82) is 0 Å². The van der Waals surface area contributed by atoms with E-state index in [-0.39, 0.29) is 5.91 Å². The molecule has 0 spiro atoms. The largest absolute Gasteiger partial charge is 0.342 e. The van der Waals surface area contributed by atoms with Crippen LogP contribution in [0.4, 0.5) is 4.39 Å². The SMILES string of the molecule is CCCC(=O)N1CCC(F)CC1. The Morgan fingerprint density at radius 2 is 2.08 bits per heavy atom. The van der Waals surface area contributed by atoms with Gasteiger partial charge >= 0.3 is 0 Å².